The van der Waals surface area contributed by atoms with Crippen molar-refractivity contribution < 1.29 is 14.3 Å². The summed E-state index contributed by atoms with van der Waals surface area (Å²) in [6.07, 6.45) is 11.2. The summed E-state index contributed by atoms with van der Waals surface area (Å²) in [6, 6.07) is 7.00. The number of amides is 1. The number of likely N-dealkylation sites (tertiary alicyclic amines) is 1. The summed E-state index contributed by atoms with van der Waals surface area (Å²) in [6.45, 7) is 1.39. The smallest absolute Gasteiger partial charge is 0.257 e. The summed E-state index contributed by atoms with van der Waals surface area (Å²) >= 11 is 0. The van der Waals surface area contributed by atoms with E-state index in [1.165, 1.54) is 0 Å². The van der Waals surface area contributed by atoms with Gasteiger partial charge in [0.15, 0.2) is 0 Å². The van der Waals surface area contributed by atoms with Crippen LogP contribution in [0, 0.1) is 5.82 Å². The van der Waals surface area contributed by atoms with E-state index in [0.717, 1.165) is 68.4 Å². The van der Waals surface area contributed by atoms with Crippen LogP contribution in [0.15, 0.2) is 42.9 Å². The molecule has 1 unspecified atom stereocenters. The van der Waals surface area contributed by atoms with Crippen molar-refractivity contribution in [1.29, 1.82) is 0 Å². The first-order valence-corrected chi connectivity index (χ1v) is 13.0. The van der Waals surface area contributed by atoms with Crippen LogP contribution in [0.5, 0.6) is 0 Å². The molecule has 36 heavy (non-hydrogen) atoms. The van der Waals surface area contributed by atoms with Crippen LogP contribution in [0.1, 0.15) is 72.5 Å². The summed E-state index contributed by atoms with van der Waals surface area (Å²) in [4.78, 5) is 20.1. The van der Waals surface area contributed by atoms with Gasteiger partial charge in [-0.2, -0.15) is 5.10 Å². The van der Waals surface area contributed by atoms with E-state index in [1.807, 2.05) is 19.3 Å². The molecule has 1 spiro atoms. The summed E-state index contributed by atoms with van der Waals surface area (Å²) in [7, 11) is 1.86. The van der Waals surface area contributed by atoms with Gasteiger partial charge in [0.05, 0.1) is 23.9 Å². The molecule has 2 N–H and O–H groups in total. The Morgan fingerprint density at radius 1 is 1.19 bits per heavy atom. The molecule has 1 amide bonds. The van der Waals surface area contributed by atoms with Crippen molar-refractivity contribution >= 4 is 11.7 Å². The van der Waals surface area contributed by atoms with Crippen LogP contribution in [0.25, 0.3) is 11.1 Å². The minimum absolute atomic E-state index is 0.0772. The molecule has 1 saturated heterocycles. The Morgan fingerprint density at radius 2 is 2.03 bits per heavy atom. The van der Waals surface area contributed by atoms with Crippen molar-refractivity contribution in [3.05, 3.63) is 65.4 Å². The van der Waals surface area contributed by atoms with E-state index in [9.17, 15) is 9.90 Å². The van der Waals surface area contributed by atoms with Crippen LogP contribution < -0.4 is 5.32 Å². The van der Waals surface area contributed by atoms with Gasteiger partial charge in [0.1, 0.15) is 11.6 Å². The second kappa shape index (κ2) is 9.00. The molecule has 8 heteroatoms. The molecule has 6 rings (SSSR count). The van der Waals surface area contributed by atoms with Crippen LogP contribution >= 0.6 is 0 Å². The molecule has 2 aliphatic heterocycles. The number of carbonyl (C=O) groups is 1. The third-order valence-electron chi connectivity index (χ3n) is 8.38. The second-order valence-electron chi connectivity index (χ2n) is 10.6. The normalized spacial score (nSPS) is 25.6. The van der Waals surface area contributed by atoms with Crippen LogP contribution in [0.3, 0.4) is 0 Å². The molecule has 7 nitrogen and oxygen atoms in total. The van der Waals surface area contributed by atoms with Crippen LogP contribution in [0.2, 0.25) is 0 Å². The van der Waals surface area contributed by atoms with Gasteiger partial charge in [-0.1, -0.05) is 12.1 Å². The number of carbonyl (C=O) groups excluding carboxylic acids is 1. The van der Waals surface area contributed by atoms with E-state index >= 15 is 4.39 Å². The average molecular weight is 490 g/mol. The van der Waals surface area contributed by atoms with E-state index in [2.05, 4.69) is 15.4 Å². The van der Waals surface area contributed by atoms with Crippen LogP contribution in [-0.4, -0.2) is 49.9 Å². The third kappa shape index (κ3) is 3.88. The molecule has 2 fully saturated rings. The number of pyridine rings is 1. The lowest BCUT2D eigenvalue weighted by Crippen LogP contribution is -2.38. The first-order chi connectivity index (χ1) is 17.4. The maximum atomic E-state index is 16.0. The number of rotatable bonds is 3. The Morgan fingerprint density at radius 3 is 2.81 bits per heavy atom. The summed E-state index contributed by atoms with van der Waals surface area (Å²) < 4.78 is 17.7. The number of piperidine rings is 1. The Balaban J connectivity index is 1.33. The molecule has 1 aliphatic carbocycles. The summed E-state index contributed by atoms with van der Waals surface area (Å²) in [5, 5.41) is 17.7. The maximum absolute atomic E-state index is 16.0. The van der Waals surface area contributed by atoms with Gasteiger partial charge < -0.3 is 15.3 Å². The quantitative estimate of drug-likeness (QED) is 0.563. The first-order valence-electron chi connectivity index (χ1n) is 13.0. The van der Waals surface area contributed by atoms with Crippen LogP contribution in [-0.2, 0) is 12.5 Å². The van der Waals surface area contributed by atoms with E-state index in [4.69, 9.17) is 0 Å². The van der Waals surface area contributed by atoms with Gasteiger partial charge >= 0.3 is 0 Å². The van der Waals surface area contributed by atoms with Crippen molar-refractivity contribution in [1.82, 2.24) is 19.7 Å². The average Bonchev–Trinajstić information content (AvgIpc) is 3.49. The first kappa shape index (κ1) is 23.2. The zero-order valence-corrected chi connectivity index (χ0v) is 20.6. The largest absolute Gasteiger partial charge is 0.393 e. The predicted octanol–water partition coefficient (Wildman–Crippen LogP) is 4.59. The molecule has 4 heterocycles. The highest BCUT2D eigenvalue weighted by molar-refractivity contribution is 5.96. The highest BCUT2D eigenvalue weighted by Gasteiger charge is 2.42. The molecule has 3 aliphatic rings. The van der Waals surface area contributed by atoms with Crippen molar-refractivity contribution in [3.8, 4) is 11.1 Å². The molecular weight excluding hydrogens is 457 g/mol. The van der Waals surface area contributed by atoms with Crippen molar-refractivity contribution in [3.63, 3.8) is 0 Å². The molecule has 1 saturated carbocycles. The lowest BCUT2D eigenvalue weighted by molar-refractivity contribution is 0.0606. The Bertz CT molecular complexity index is 1300. The lowest BCUT2D eigenvalue weighted by atomic mass is 9.70. The summed E-state index contributed by atoms with van der Waals surface area (Å²) in [5.74, 6) is 0.0608. The fourth-order valence-corrected chi connectivity index (χ4v) is 6.31. The van der Waals surface area contributed by atoms with Gasteiger partial charge in [-0.05, 0) is 57.1 Å². The fourth-order valence-electron chi connectivity index (χ4n) is 6.31. The second-order valence-corrected chi connectivity index (χ2v) is 10.6. The maximum Gasteiger partial charge on any atom is 0.257 e. The number of hydrogen-bond acceptors (Lipinski definition) is 5. The zero-order chi connectivity index (χ0) is 24.9. The number of fused-ring (bicyclic) bond motifs is 2. The number of aliphatic hydroxyl groups excluding tert-OH is 1. The molecule has 0 radical (unpaired) electrons. The highest BCUT2D eigenvalue weighted by Crippen LogP contribution is 2.47. The van der Waals surface area contributed by atoms with E-state index in [0.29, 0.717) is 17.7 Å². The Kier molecular flexibility index (Phi) is 5.79. The molecule has 188 valence electrons. The van der Waals surface area contributed by atoms with Gasteiger partial charge in [-0.3, -0.25) is 9.48 Å². The minimum Gasteiger partial charge on any atom is -0.393 e. The number of benzene rings is 1. The van der Waals surface area contributed by atoms with E-state index in [1.54, 1.807) is 40.2 Å². The van der Waals surface area contributed by atoms with Crippen molar-refractivity contribution in [2.45, 2.75) is 62.5 Å². The number of anilines is 1. The monoisotopic (exact) mass is 489 g/mol. The van der Waals surface area contributed by atoms with E-state index < -0.39 is 5.82 Å². The van der Waals surface area contributed by atoms with Crippen LogP contribution in [0.4, 0.5) is 10.2 Å². The SMILES string of the molecule is Cn1cc(C2CCCCN2C(=O)c2cccc(-c3cnc4c(c3)C3(CCC(O)CC3)CN4)c2F)cn1. The lowest BCUT2D eigenvalue weighted by Gasteiger charge is -2.35. The van der Waals surface area contributed by atoms with Gasteiger partial charge in [-0.15, -0.1) is 0 Å². The molecule has 2 aromatic heterocycles. The molecule has 0 bridgehead atoms. The van der Waals surface area contributed by atoms with Gasteiger partial charge in [0.25, 0.3) is 5.91 Å². The third-order valence-corrected chi connectivity index (χ3v) is 8.38. The van der Waals surface area contributed by atoms with Gasteiger partial charge in [-0.25, -0.2) is 9.37 Å². The predicted molar refractivity (Wildman–Crippen MR) is 135 cm³/mol. The number of aryl methyl sites for hydroxylation is 1. The highest BCUT2D eigenvalue weighted by atomic mass is 19.1. The number of halogens is 1. The number of nitrogens with zero attached hydrogens (tertiary/aromatic N) is 4. The standard InChI is InChI=1S/C28H32FN5O2/c1-33-16-19(15-32-33)24-7-2-3-12-34(24)27(36)22-6-4-5-21(25(22)29)18-13-23-26(30-14-18)31-17-28(23)10-8-20(35)9-11-28/h4-6,13-16,20,24,35H,2-3,7-12,17H2,1H3,(H,30,31). The molecular formula is C28H32FN5O2. The van der Waals surface area contributed by atoms with Crippen molar-refractivity contribution in [2.75, 3.05) is 18.4 Å². The topological polar surface area (TPSA) is 83.3 Å². The minimum atomic E-state index is -0.501. The Labute approximate surface area is 210 Å². The van der Waals surface area contributed by atoms with Crippen molar-refractivity contribution in [2.24, 2.45) is 7.05 Å². The number of hydrogen-bond donors (Lipinski definition) is 2. The van der Waals surface area contributed by atoms with Gasteiger partial charge in [0, 0.05) is 60.2 Å². The van der Waals surface area contributed by atoms with Gasteiger partial charge in [0.2, 0.25) is 0 Å². The fraction of sp³-hybridized carbons (Fsp3) is 0.464. The molecule has 1 aromatic carbocycles. The number of aromatic nitrogens is 3. The number of aliphatic hydroxyl groups is 1. The molecule has 1 atom stereocenters. The zero-order valence-electron chi connectivity index (χ0n) is 20.6. The Hall–Kier alpha value is -3.26. The summed E-state index contributed by atoms with van der Waals surface area (Å²) in [5.41, 5.74) is 3.17. The van der Waals surface area contributed by atoms with E-state index in [-0.39, 0.29) is 29.0 Å². The number of nitrogens with one attached hydrogen (secondary N) is 1. The molecule has 3 aromatic rings.